The van der Waals surface area contributed by atoms with Gasteiger partial charge < -0.3 is 15.0 Å². The van der Waals surface area contributed by atoms with Crippen molar-refractivity contribution in [1.29, 1.82) is 0 Å². The third kappa shape index (κ3) is 5.58. The average Bonchev–Trinajstić information content (AvgIpc) is 2.98. The van der Waals surface area contributed by atoms with Crippen LogP contribution in [-0.4, -0.2) is 59.8 Å². The second-order valence-electron chi connectivity index (χ2n) is 10.2. The van der Waals surface area contributed by atoms with Crippen LogP contribution in [-0.2, 0) is 22.5 Å². The number of piperazine rings is 1. The van der Waals surface area contributed by atoms with Crippen molar-refractivity contribution in [2.45, 2.75) is 32.7 Å². The summed E-state index contributed by atoms with van der Waals surface area (Å²) in [5.74, 6) is 0.469. The van der Waals surface area contributed by atoms with E-state index in [1.165, 1.54) is 5.56 Å². The molecule has 1 fully saturated rings. The molecule has 2 aliphatic rings. The molecule has 1 saturated heterocycles. The summed E-state index contributed by atoms with van der Waals surface area (Å²) in [6.45, 7) is 12.3. The quantitative estimate of drug-likeness (QED) is 0.323. The maximum absolute atomic E-state index is 13.4. The fourth-order valence-electron chi connectivity index (χ4n) is 5.68. The van der Waals surface area contributed by atoms with E-state index in [1.54, 1.807) is 10.6 Å². The molecular formula is C32H37N5O3. The molecule has 1 N–H and O–H groups in total. The van der Waals surface area contributed by atoms with Gasteiger partial charge in [-0.1, -0.05) is 66.7 Å². The monoisotopic (exact) mass is 539 g/mol. The number of aromatic nitrogens is 2. The highest BCUT2D eigenvalue weighted by Gasteiger charge is 2.39. The number of rotatable bonds is 9. The SMILES string of the molecule is C=CCn1c2c(c(N3CCN(CCc4ccccc4)CC3)nc1=O)C(c1ccccc1)C(C(=O)OCC)=C(C)N2. The predicted molar refractivity (Wildman–Crippen MR) is 159 cm³/mol. The van der Waals surface area contributed by atoms with E-state index < -0.39 is 5.92 Å². The zero-order valence-corrected chi connectivity index (χ0v) is 23.3. The van der Waals surface area contributed by atoms with Crippen LogP contribution >= 0.6 is 0 Å². The lowest BCUT2D eigenvalue weighted by molar-refractivity contribution is -0.138. The predicted octanol–water partition coefficient (Wildman–Crippen LogP) is 4.19. The molecule has 8 heteroatoms. The Bertz CT molecular complexity index is 1440. The molecule has 0 aliphatic carbocycles. The second-order valence-corrected chi connectivity index (χ2v) is 10.2. The molecule has 2 aromatic carbocycles. The zero-order valence-electron chi connectivity index (χ0n) is 23.3. The van der Waals surface area contributed by atoms with Crippen molar-refractivity contribution in [3.63, 3.8) is 0 Å². The molecule has 0 bridgehead atoms. The van der Waals surface area contributed by atoms with E-state index >= 15 is 0 Å². The molecule has 5 rings (SSSR count). The number of carbonyl (C=O) groups is 1. The van der Waals surface area contributed by atoms with E-state index in [1.807, 2.05) is 50.2 Å². The normalized spacial score (nSPS) is 17.2. The maximum Gasteiger partial charge on any atom is 0.351 e. The van der Waals surface area contributed by atoms with Gasteiger partial charge >= 0.3 is 11.7 Å². The fraction of sp³-hybridized carbons (Fsp3) is 0.344. The molecule has 1 unspecified atom stereocenters. The molecule has 0 spiro atoms. The Kier molecular flexibility index (Phi) is 8.45. The van der Waals surface area contributed by atoms with Crippen LogP contribution in [0.25, 0.3) is 0 Å². The van der Waals surface area contributed by atoms with Crippen LogP contribution < -0.4 is 15.9 Å². The Hall–Kier alpha value is -4.17. The number of hydrogen-bond donors (Lipinski definition) is 1. The summed E-state index contributed by atoms with van der Waals surface area (Å²) in [6, 6.07) is 20.4. The summed E-state index contributed by atoms with van der Waals surface area (Å²) in [5.41, 5.74) is 3.96. The van der Waals surface area contributed by atoms with Crippen molar-refractivity contribution in [2.24, 2.45) is 0 Å². The Morgan fingerprint density at radius 2 is 1.75 bits per heavy atom. The van der Waals surface area contributed by atoms with Gasteiger partial charge in [-0.15, -0.1) is 6.58 Å². The third-order valence-electron chi connectivity index (χ3n) is 7.66. The van der Waals surface area contributed by atoms with Crippen molar-refractivity contribution < 1.29 is 9.53 Å². The topological polar surface area (TPSA) is 79.7 Å². The van der Waals surface area contributed by atoms with Gasteiger partial charge in [-0.2, -0.15) is 4.98 Å². The zero-order chi connectivity index (χ0) is 28.1. The van der Waals surface area contributed by atoms with E-state index in [2.05, 4.69) is 50.9 Å². The van der Waals surface area contributed by atoms with Crippen molar-refractivity contribution in [3.8, 4) is 0 Å². The number of esters is 1. The highest BCUT2D eigenvalue weighted by molar-refractivity contribution is 5.95. The lowest BCUT2D eigenvalue weighted by Crippen LogP contribution is -2.48. The molecule has 1 atom stereocenters. The highest BCUT2D eigenvalue weighted by Crippen LogP contribution is 2.45. The first-order valence-electron chi connectivity index (χ1n) is 14.0. The molecule has 0 amide bonds. The number of anilines is 2. The van der Waals surface area contributed by atoms with Crippen LogP contribution in [0.4, 0.5) is 11.6 Å². The number of carbonyl (C=O) groups excluding carboxylic acids is 1. The summed E-state index contributed by atoms with van der Waals surface area (Å²) in [6.07, 6.45) is 2.69. The number of nitrogens with zero attached hydrogens (tertiary/aromatic N) is 4. The van der Waals surface area contributed by atoms with Gasteiger partial charge in [0.2, 0.25) is 0 Å². The van der Waals surface area contributed by atoms with E-state index in [-0.39, 0.29) is 18.3 Å². The van der Waals surface area contributed by atoms with Gasteiger partial charge in [-0.05, 0) is 31.4 Å². The van der Waals surface area contributed by atoms with Crippen molar-refractivity contribution in [1.82, 2.24) is 14.5 Å². The molecular weight excluding hydrogens is 502 g/mol. The standard InChI is InChI=1S/C32H37N5O3/c1-4-17-37-30-28(27(25-14-10-7-11-15-25)26(23(3)33-30)31(38)40-5-2)29(34-32(37)39)36-21-19-35(20-22-36)18-16-24-12-8-6-9-13-24/h4,6-15,27,33H,1,5,16-22H2,2-3H3. The van der Waals surface area contributed by atoms with Gasteiger partial charge in [-0.25, -0.2) is 9.59 Å². The fourth-order valence-corrected chi connectivity index (χ4v) is 5.68. The Balaban J connectivity index is 1.53. The molecule has 8 nitrogen and oxygen atoms in total. The van der Waals surface area contributed by atoms with Crippen LogP contribution in [0.5, 0.6) is 0 Å². The molecule has 2 aliphatic heterocycles. The lowest BCUT2D eigenvalue weighted by atomic mass is 9.81. The average molecular weight is 540 g/mol. The smallest absolute Gasteiger partial charge is 0.351 e. The largest absolute Gasteiger partial charge is 0.463 e. The number of ether oxygens (including phenoxy) is 1. The molecule has 3 aromatic rings. The second kappa shape index (κ2) is 12.3. The first-order chi connectivity index (χ1) is 19.5. The number of benzene rings is 2. The minimum Gasteiger partial charge on any atom is -0.463 e. The molecule has 208 valence electrons. The summed E-state index contributed by atoms with van der Waals surface area (Å²) < 4.78 is 7.12. The molecule has 40 heavy (non-hydrogen) atoms. The van der Waals surface area contributed by atoms with Crippen molar-refractivity contribution in [3.05, 3.63) is 112 Å². The number of hydrogen-bond acceptors (Lipinski definition) is 7. The number of nitrogens with one attached hydrogen (secondary N) is 1. The van der Waals surface area contributed by atoms with Crippen LogP contribution in [0, 0.1) is 0 Å². The summed E-state index contributed by atoms with van der Waals surface area (Å²) >= 11 is 0. The Morgan fingerprint density at radius 1 is 1.07 bits per heavy atom. The first kappa shape index (κ1) is 27.4. The van der Waals surface area contributed by atoms with E-state index in [0.29, 0.717) is 29.5 Å². The molecule has 0 radical (unpaired) electrons. The van der Waals surface area contributed by atoms with Crippen LogP contribution in [0.3, 0.4) is 0 Å². The van der Waals surface area contributed by atoms with Crippen LogP contribution in [0.2, 0.25) is 0 Å². The van der Waals surface area contributed by atoms with E-state index in [0.717, 1.165) is 50.3 Å². The van der Waals surface area contributed by atoms with Crippen molar-refractivity contribution in [2.75, 3.05) is 49.5 Å². The lowest BCUT2D eigenvalue weighted by Gasteiger charge is -2.39. The third-order valence-corrected chi connectivity index (χ3v) is 7.66. The van der Waals surface area contributed by atoms with Crippen molar-refractivity contribution >= 4 is 17.6 Å². The maximum atomic E-state index is 13.4. The Morgan fingerprint density at radius 3 is 2.40 bits per heavy atom. The van der Waals surface area contributed by atoms with Crippen LogP contribution in [0.1, 0.15) is 36.5 Å². The van der Waals surface area contributed by atoms with Crippen LogP contribution in [0.15, 0.2) is 89.4 Å². The van der Waals surface area contributed by atoms with Gasteiger partial charge in [-0.3, -0.25) is 9.47 Å². The number of fused-ring (bicyclic) bond motifs is 1. The van der Waals surface area contributed by atoms with E-state index in [9.17, 15) is 9.59 Å². The minimum atomic E-state index is -0.438. The van der Waals surface area contributed by atoms with Gasteiger partial charge in [0, 0.05) is 50.5 Å². The summed E-state index contributed by atoms with van der Waals surface area (Å²) in [4.78, 5) is 36.0. The first-order valence-corrected chi connectivity index (χ1v) is 14.0. The number of allylic oxidation sites excluding steroid dienone is 2. The molecule has 1 aromatic heterocycles. The molecule has 3 heterocycles. The molecule has 0 saturated carbocycles. The van der Waals surface area contributed by atoms with Gasteiger partial charge in [0.25, 0.3) is 0 Å². The van der Waals surface area contributed by atoms with Gasteiger partial charge in [0.15, 0.2) is 0 Å². The van der Waals surface area contributed by atoms with Gasteiger partial charge in [0.05, 0.1) is 18.1 Å². The van der Waals surface area contributed by atoms with E-state index in [4.69, 9.17) is 4.74 Å². The highest BCUT2D eigenvalue weighted by atomic mass is 16.5. The Labute approximate surface area is 235 Å². The van der Waals surface area contributed by atoms with Gasteiger partial charge in [0.1, 0.15) is 11.6 Å². The summed E-state index contributed by atoms with van der Waals surface area (Å²) in [5, 5.41) is 3.39. The minimum absolute atomic E-state index is 0.274. The summed E-state index contributed by atoms with van der Waals surface area (Å²) in [7, 11) is 0.